The molecule has 0 bridgehead atoms. The highest BCUT2D eigenvalue weighted by Crippen LogP contribution is 2.47. The molecule has 0 aromatic rings. The van der Waals surface area contributed by atoms with Gasteiger partial charge in [-0.1, -0.05) is 161 Å². The highest BCUT2D eigenvalue weighted by molar-refractivity contribution is 7.47. The zero-order chi connectivity index (χ0) is 45.0. The summed E-state index contributed by atoms with van der Waals surface area (Å²) in [5.74, 6) is -1.19. The second kappa shape index (κ2) is 35.8. The number of carbonyl (C=O) groups excluding carboxylic acids is 2. The number of ether oxygens (including phenoxy) is 2. The lowest BCUT2D eigenvalue weighted by molar-refractivity contribution is -0.220. The Bertz CT molecular complexity index is 1520. The fourth-order valence-electron chi connectivity index (χ4n) is 5.62. The van der Waals surface area contributed by atoms with Crippen molar-refractivity contribution in [3.63, 3.8) is 0 Å². The van der Waals surface area contributed by atoms with Crippen LogP contribution in [0.15, 0.2) is 122 Å². The van der Waals surface area contributed by atoms with E-state index in [4.69, 9.17) is 18.5 Å². The number of carbonyl (C=O) groups is 2. The van der Waals surface area contributed by atoms with Gasteiger partial charge >= 0.3 is 19.8 Å². The third-order valence-electron chi connectivity index (χ3n) is 9.05. The summed E-state index contributed by atoms with van der Waals surface area (Å²) in [6.07, 6.45) is 36.8. The van der Waals surface area contributed by atoms with Crippen molar-refractivity contribution in [1.29, 1.82) is 0 Å². The minimum Gasteiger partial charge on any atom is -0.462 e. The Morgan fingerprint density at radius 3 is 1.36 bits per heavy atom. The van der Waals surface area contributed by atoms with E-state index in [1.165, 1.54) is 0 Å². The van der Waals surface area contributed by atoms with Crippen molar-refractivity contribution in [3.8, 4) is 0 Å². The third kappa shape index (κ3) is 28.5. The highest BCUT2D eigenvalue weighted by Gasteiger charge is 2.51. The van der Waals surface area contributed by atoms with Crippen molar-refractivity contribution >= 4 is 19.8 Å². The maximum atomic E-state index is 12.8. The molecule has 1 saturated carbocycles. The van der Waals surface area contributed by atoms with Crippen LogP contribution >= 0.6 is 7.82 Å². The summed E-state index contributed by atoms with van der Waals surface area (Å²) in [5.41, 5.74) is 0. The Balaban J connectivity index is 2.55. The van der Waals surface area contributed by atoms with E-state index >= 15 is 0 Å². The predicted octanol–water partition coefficient (Wildman–Crippen LogP) is 7.82. The van der Waals surface area contributed by atoms with Gasteiger partial charge in [0, 0.05) is 12.8 Å². The van der Waals surface area contributed by atoms with Gasteiger partial charge in [-0.3, -0.25) is 18.6 Å². The fourth-order valence-corrected chi connectivity index (χ4v) is 6.59. The number of aliphatic hydroxyl groups excluding tert-OH is 5. The van der Waals surface area contributed by atoms with Gasteiger partial charge in [0.15, 0.2) is 6.10 Å². The van der Waals surface area contributed by atoms with E-state index in [1.807, 2.05) is 103 Å². The molecule has 1 aliphatic carbocycles. The zero-order valence-electron chi connectivity index (χ0n) is 35.9. The number of unbranched alkanes of at least 4 members (excludes halogenated alkanes) is 8. The number of hydrogen-bond donors (Lipinski definition) is 6. The highest BCUT2D eigenvalue weighted by atomic mass is 31.2. The van der Waals surface area contributed by atoms with Gasteiger partial charge in [-0.05, 0) is 51.4 Å². The molecule has 8 atom stereocenters. The quantitative estimate of drug-likeness (QED) is 0.0165. The topological polar surface area (TPSA) is 210 Å². The number of aliphatic hydroxyl groups is 5. The third-order valence-corrected chi connectivity index (χ3v) is 10.0. The van der Waals surface area contributed by atoms with E-state index < -0.39 is 75.7 Å². The molecule has 0 aliphatic heterocycles. The number of hydrogen-bond acceptors (Lipinski definition) is 12. The minimum atomic E-state index is -5.14. The van der Waals surface area contributed by atoms with Crippen molar-refractivity contribution in [2.45, 2.75) is 146 Å². The molecule has 13 nitrogen and oxygen atoms in total. The summed E-state index contributed by atoms with van der Waals surface area (Å²) < 4.78 is 33.4. The molecule has 1 fully saturated rings. The Kier molecular flexibility index (Phi) is 32.4. The molecule has 61 heavy (non-hydrogen) atoms. The van der Waals surface area contributed by atoms with Gasteiger partial charge in [0.1, 0.15) is 43.2 Å². The van der Waals surface area contributed by atoms with E-state index in [0.717, 1.165) is 64.2 Å². The molecule has 342 valence electrons. The lowest BCUT2D eigenvalue weighted by Gasteiger charge is -2.41. The molecule has 0 amide bonds. The van der Waals surface area contributed by atoms with Gasteiger partial charge < -0.3 is 39.9 Å². The van der Waals surface area contributed by atoms with Crippen LogP contribution in [0.4, 0.5) is 0 Å². The molecule has 0 aromatic carbocycles. The average molecular weight is 875 g/mol. The minimum absolute atomic E-state index is 0.0539. The van der Waals surface area contributed by atoms with Crippen LogP contribution in [0.2, 0.25) is 0 Å². The second-order valence-electron chi connectivity index (χ2n) is 14.3. The zero-order valence-corrected chi connectivity index (χ0v) is 36.8. The van der Waals surface area contributed by atoms with Crippen LogP contribution < -0.4 is 0 Å². The van der Waals surface area contributed by atoms with Crippen molar-refractivity contribution in [2.24, 2.45) is 0 Å². The number of esters is 2. The second-order valence-corrected chi connectivity index (χ2v) is 15.7. The maximum absolute atomic E-state index is 12.8. The molecule has 14 heteroatoms. The summed E-state index contributed by atoms with van der Waals surface area (Å²) >= 11 is 0. The van der Waals surface area contributed by atoms with Crippen molar-refractivity contribution in [1.82, 2.24) is 0 Å². The van der Waals surface area contributed by atoms with E-state index in [2.05, 4.69) is 32.1 Å². The van der Waals surface area contributed by atoms with Crippen molar-refractivity contribution in [2.75, 3.05) is 13.2 Å². The Labute approximate surface area is 363 Å². The van der Waals surface area contributed by atoms with Gasteiger partial charge in [0.05, 0.1) is 6.61 Å². The summed E-state index contributed by atoms with van der Waals surface area (Å²) in [7, 11) is -5.14. The Hall–Kier alpha value is -3.75. The van der Waals surface area contributed by atoms with Crippen molar-refractivity contribution in [3.05, 3.63) is 122 Å². The first-order chi connectivity index (χ1) is 29.4. The molecular weight excluding hydrogens is 803 g/mol. The van der Waals surface area contributed by atoms with E-state index in [9.17, 15) is 44.6 Å². The molecule has 1 rings (SSSR count). The molecule has 0 spiro atoms. The van der Waals surface area contributed by atoms with Gasteiger partial charge in [-0.25, -0.2) is 4.57 Å². The van der Waals surface area contributed by atoms with Crippen LogP contribution in [0.1, 0.15) is 104 Å². The predicted molar refractivity (Wildman–Crippen MR) is 239 cm³/mol. The smallest absolute Gasteiger partial charge is 0.462 e. The summed E-state index contributed by atoms with van der Waals surface area (Å²) in [5, 5.41) is 50.1. The standard InChI is InChI=1S/C47H71O13P/c1-3-5-7-9-11-13-15-17-18-19-20-21-22-24-25-27-29-31-33-35-40(48)57-37-39(38-58-61(55,56)60-47-45(53)43(51)42(50)44(52)46(47)54)59-41(49)36-34-32-30-28-26-23-16-14-12-10-8-6-4-2/h5-22,24-25,39,42-47,50-54H,3-4,23,26-38H2,1-2H3,(H,55,56)/b7-5+,8-6+,11-9+,12-10+,15-13+,16-14+,18-17+,20-19+,22-21+,25-24+/t39?,42?,43-,44?,45?,46?,47?/m0/s1. The first kappa shape index (κ1) is 55.3. The van der Waals surface area contributed by atoms with Gasteiger partial charge in [-0.15, -0.1) is 0 Å². The van der Waals surface area contributed by atoms with Gasteiger partial charge in [0.25, 0.3) is 0 Å². The van der Waals surface area contributed by atoms with E-state index in [1.54, 1.807) is 0 Å². The largest absolute Gasteiger partial charge is 0.472 e. The average Bonchev–Trinajstić information content (AvgIpc) is 3.24. The van der Waals surface area contributed by atoms with Crippen LogP contribution in [0.25, 0.3) is 0 Å². The number of phosphoric ester groups is 1. The molecule has 6 N–H and O–H groups in total. The molecule has 1 aliphatic rings. The first-order valence-electron chi connectivity index (χ1n) is 21.5. The lowest BCUT2D eigenvalue weighted by atomic mass is 9.85. The van der Waals surface area contributed by atoms with Crippen LogP contribution in [-0.2, 0) is 32.7 Å². The fraction of sp³-hybridized carbons (Fsp3) is 0.532. The summed E-state index contributed by atoms with van der Waals surface area (Å²) in [6, 6.07) is 0. The monoisotopic (exact) mass is 874 g/mol. The van der Waals surface area contributed by atoms with Gasteiger partial charge in [0.2, 0.25) is 0 Å². The molecule has 0 radical (unpaired) electrons. The summed E-state index contributed by atoms with van der Waals surface area (Å²) in [4.78, 5) is 35.6. The molecule has 0 aromatic heterocycles. The molecular formula is C47H71O13P. The molecule has 0 heterocycles. The maximum Gasteiger partial charge on any atom is 0.472 e. The van der Waals surface area contributed by atoms with Crippen LogP contribution in [-0.4, -0.2) is 98.3 Å². The van der Waals surface area contributed by atoms with Crippen LogP contribution in [0, 0.1) is 0 Å². The van der Waals surface area contributed by atoms with Crippen molar-refractivity contribution < 1.29 is 63.1 Å². The lowest BCUT2D eigenvalue weighted by Crippen LogP contribution is -2.64. The number of rotatable bonds is 32. The van der Waals surface area contributed by atoms with Crippen LogP contribution in [0.3, 0.4) is 0 Å². The Morgan fingerprint density at radius 1 is 0.508 bits per heavy atom. The summed E-state index contributed by atoms with van der Waals surface area (Å²) in [6.45, 7) is 2.92. The Morgan fingerprint density at radius 2 is 0.885 bits per heavy atom. The number of allylic oxidation sites excluding steroid dienone is 20. The number of phosphoric acid groups is 1. The first-order valence-corrected chi connectivity index (χ1v) is 23.0. The van der Waals surface area contributed by atoms with Gasteiger partial charge in [-0.2, -0.15) is 0 Å². The molecule has 0 saturated heterocycles. The van der Waals surface area contributed by atoms with E-state index in [0.29, 0.717) is 12.8 Å². The SMILES string of the molecule is CC/C=C/C=C/C=C/C=C/C=C/C=C/C=C/CCCCCC(=O)OCC(COP(=O)(O)OC1C(O)C(O)C(O)[C@H](O)C1O)OC(=O)CCCCCCC/C=C/C=C/C=C/CC. The van der Waals surface area contributed by atoms with E-state index in [-0.39, 0.29) is 12.8 Å². The van der Waals surface area contributed by atoms with Crippen LogP contribution in [0.5, 0.6) is 0 Å². The normalized spacial score (nSPS) is 23.2. The molecule has 7 unspecified atom stereocenters.